The number of amides is 1. The molecule has 2 aromatic rings. The second kappa shape index (κ2) is 4.82. The van der Waals surface area contributed by atoms with E-state index in [9.17, 15) is 4.79 Å². The molecule has 88 valence electrons. The molecule has 1 amide bonds. The fraction of sp³-hybridized carbons (Fsp3) is 0.231. The van der Waals surface area contributed by atoms with Gasteiger partial charge in [0.15, 0.2) is 0 Å². The molecule has 0 aliphatic rings. The maximum absolute atomic E-state index is 11.9. The van der Waals surface area contributed by atoms with Crippen LogP contribution in [0.1, 0.15) is 34.6 Å². The van der Waals surface area contributed by atoms with Crippen LogP contribution in [0.4, 0.5) is 0 Å². The van der Waals surface area contributed by atoms with Crippen LogP contribution in [0.5, 0.6) is 0 Å². The average molecular weight is 230 g/mol. The molecule has 2 heterocycles. The van der Waals surface area contributed by atoms with Crippen LogP contribution in [0, 0.1) is 6.92 Å². The van der Waals surface area contributed by atoms with Gasteiger partial charge in [0.05, 0.1) is 17.9 Å². The zero-order chi connectivity index (χ0) is 12.3. The zero-order valence-electron chi connectivity index (χ0n) is 9.81. The fourth-order valence-electron chi connectivity index (χ4n) is 1.63. The van der Waals surface area contributed by atoms with E-state index in [0.717, 1.165) is 5.56 Å². The van der Waals surface area contributed by atoms with Crippen molar-refractivity contribution in [3.63, 3.8) is 0 Å². The number of carbonyl (C=O) groups excluding carboxylic acids is 1. The predicted octanol–water partition coefficient (Wildman–Crippen LogP) is 2.47. The normalized spacial score (nSPS) is 12.1. The van der Waals surface area contributed by atoms with Gasteiger partial charge in [0.25, 0.3) is 5.91 Å². The number of nitrogens with zero attached hydrogens (tertiary/aromatic N) is 1. The van der Waals surface area contributed by atoms with Crippen molar-refractivity contribution in [2.45, 2.75) is 19.9 Å². The van der Waals surface area contributed by atoms with Crippen molar-refractivity contribution in [2.24, 2.45) is 0 Å². The first-order valence-corrected chi connectivity index (χ1v) is 5.43. The van der Waals surface area contributed by atoms with E-state index in [1.54, 1.807) is 25.4 Å². The quantitative estimate of drug-likeness (QED) is 0.881. The number of hydrogen-bond acceptors (Lipinski definition) is 3. The predicted molar refractivity (Wildman–Crippen MR) is 63.6 cm³/mol. The summed E-state index contributed by atoms with van der Waals surface area (Å²) in [4.78, 5) is 15.9. The summed E-state index contributed by atoms with van der Waals surface area (Å²) in [5.74, 6) is 0.505. The van der Waals surface area contributed by atoms with Crippen molar-refractivity contribution in [1.82, 2.24) is 10.3 Å². The maximum Gasteiger partial charge on any atom is 0.255 e. The molecule has 2 rings (SSSR count). The lowest BCUT2D eigenvalue weighted by atomic mass is 10.1. The average Bonchev–Trinajstić information content (AvgIpc) is 2.76. The second-order valence-corrected chi connectivity index (χ2v) is 3.87. The molecule has 4 nitrogen and oxygen atoms in total. The monoisotopic (exact) mass is 230 g/mol. The summed E-state index contributed by atoms with van der Waals surface area (Å²) < 4.78 is 5.10. The van der Waals surface area contributed by atoms with Gasteiger partial charge in [-0.15, -0.1) is 0 Å². The van der Waals surface area contributed by atoms with Crippen molar-refractivity contribution < 1.29 is 9.21 Å². The van der Waals surface area contributed by atoms with Gasteiger partial charge in [-0.05, 0) is 37.6 Å². The smallest absolute Gasteiger partial charge is 0.255 e. The van der Waals surface area contributed by atoms with Gasteiger partial charge in [-0.1, -0.05) is 0 Å². The van der Waals surface area contributed by atoms with E-state index in [2.05, 4.69) is 10.3 Å². The van der Waals surface area contributed by atoms with Gasteiger partial charge in [0.1, 0.15) is 5.76 Å². The topological polar surface area (TPSA) is 55.1 Å². The van der Waals surface area contributed by atoms with Crippen LogP contribution in [0.2, 0.25) is 0 Å². The van der Waals surface area contributed by atoms with Gasteiger partial charge in [-0.2, -0.15) is 0 Å². The number of aryl methyl sites for hydroxylation is 1. The molecule has 2 aromatic heterocycles. The summed E-state index contributed by atoms with van der Waals surface area (Å²) in [6.07, 6.45) is 4.93. The number of hydrogen-bond donors (Lipinski definition) is 1. The molecule has 0 spiro atoms. The molecule has 4 heteroatoms. The van der Waals surface area contributed by atoms with Crippen LogP contribution in [0.3, 0.4) is 0 Å². The van der Waals surface area contributed by atoms with Crippen molar-refractivity contribution in [3.05, 3.63) is 53.7 Å². The highest BCUT2D eigenvalue weighted by Gasteiger charge is 2.14. The van der Waals surface area contributed by atoms with E-state index in [4.69, 9.17) is 4.42 Å². The molecule has 0 aromatic carbocycles. The molecule has 0 fully saturated rings. The molecule has 0 saturated heterocycles. The van der Waals surface area contributed by atoms with Gasteiger partial charge < -0.3 is 9.73 Å². The molecule has 0 radical (unpaired) electrons. The summed E-state index contributed by atoms with van der Waals surface area (Å²) in [7, 11) is 0. The first-order chi connectivity index (χ1) is 8.18. The van der Waals surface area contributed by atoms with Crippen molar-refractivity contribution >= 4 is 5.91 Å². The highest BCUT2D eigenvalue weighted by atomic mass is 16.3. The van der Waals surface area contributed by atoms with Crippen molar-refractivity contribution in [3.8, 4) is 0 Å². The number of carbonyl (C=O) groups is 1. The highest BCUT2D eigenvalue weighted by molar-refractivity contribution is 5.95. The van der Waals surface area contributed by atoms with E-state index in [1.807, 2.05) is 19.1 Å². The van der Waals surface area contributed by atoms with E-state index < -0.39 is 0 Å². The standard InChI is InChI=1S/C13H14N2O2/c1-9(11-3-6-14-7-4-11)15-13(16)12-5-8-17-10(12)2/h3-9H,1-2H3,(H,15,16). The van der Waals surface area contributed by atoms with Gasteiger partial charge in [-0.3, -0.25) is 9.78 Å². The Balaban J connectivity index is 2.08. The van der Waals surface area contributed by atoms with Crippen LogP contribution in [0.25, 0.3) is 0 Å². The van der Waals surface area contributed by atoms with Crippen LogP contribution < -0.4 is 5.32 Å². The molecule has 1 N–H and O–H groups in total. The van der Waals surface area contributed by atoms with Crippen LogP contribution in [0.15, 0.2) is 41.3 Å². The molecule has 0 bridgehead atoms. The Morgan fingerprint density at radius 3 is 2.65 bits per heavy atom. The minimum atomic E-state index is -0.124. The largest absolute Gasteiger partial charge is 0.469 e. The summed E-state index contributed by atoms with van der Waals surface area (Å²) in [5, 5.41) is 2.91. The molecule has 0 aliphatic heterocycles. The lowest BCUT2D eigenvalue weighted by molar-refractivity contribution is 0.0938. The van der Waals surface area contributed by atoms with Crippen molar-refractivity contribution in [1.29, 1.82) is 0 Å². The number of aromatic nitrogens is 1. The summed E-state index contributed by atoms with van der Waals surface area (Å²) >= 11 is 0. The Kier molecular flexibility index (Phi) is 3.23. The van der Waals surface area contributed by atoms with Gasteiger partial charge in [-0.25, -0.2) is 0 Å². The summed E-state index contributed by atoms with van der Waals surface area (Å²) in [6, 6.07) is 5.38. The Morgan fingerprint density at radius 1 is 1.35 bits per heavy atom. The third kappa shape index (κ3) is 2.53. The molecule has 1 unspecified atom stereocenters. The van der Waals surface area contributed by atoms with Crippen LogP contribution in [-0.2, 0) is 0 Å². The minimum absolute atomic E-state index is 0.0557. The molecular weight excluding hydrogens is 216 g/mol. The zero-order valence-corrected chi connectivity index (χ0v) is 9.81. The maximum atomic E-state index is 11.9. The third-order valence-corrected chi connectivity index (χ3v) is 2.66. The fourth-order valence-corrected chi connectivity index (χ4v) is 1.63. The number of furan rings is 1. The Bertz CT molecular complexity index is 505. The Hall–Kier alpha value is -2.10. The molecule has 1 atom stereocenters. The first-order valence-electron chi connectivity index (χ1n) is 5.43. The summed E-state index contributed by atoms with van der Waals surface area (Å²) in [6.45, 7) is 3.70. The lowest BCUT2D eigenvalue weighted by Crippen LogP contribution is -2.26. The summed E-state index contributed by atoms with van der Waals surface area (Å²) in [5.41, 5.74) is 1.60. The third-order valence-electron chi connectivity index (χ3n) is 2.66. The lowest BCUT2D eigenvalue weighted by Gasteiger charge is -2.13. The first kappa shape index (κ1) is 11.4. The van der Waals surface area contributed by atoms with Crippen LogP contribution >= 0.6 is 0 Å². The van der Waals surface area contributed by atoms with Gasteiger partial charge in [0, 0.05) is 12.4 Å². The molecular formula is C13H14N2O2. The van der Waals surface area contributed by atoms with Gasteiger partial charge >= 0.3 is 0 Å². The number of nitrogens with one attached hydrogen (secondary N) is 1. The van der Waals surface area contributed by atoms with E-state index in [1.165, 1.54) is 6.26 Å². The number of pyridine rings is 1. The number of rotatable bonds is 3. The highest BCUT2D eigenvalue weighted by Crippen LogP contribution is 2.13. The molecule has 0 saturated carbocycles. The minimum Gasteiger partial charge on any atom is -0.469 e. The second-order valence-electron chi connectivity index (χ2n) is 3.87. The van der Waals surface area contributed by atoms with E-state index >= 15 is 0 Å². The van der Waals surface area contributed by atoms with Gasteiger partial charge in [0.2, 0.25) is 0 Å². The van der Waals surface area contributed by atoms with E-state index in [-0.39, 0.29) is 11.9 Å². The van der Waals surface area contributed by atoms with E-state index in [0.29, 0.717) is 11.3 Å². The van der Waals surface area contributed by atoms with Crippen LogP contribution in [-0.4, -0.2) is 10.9 Å². The van der Waals surface area contributed by atoms with Crippen molar-refractivity contribution in [2.75, 3.05) is 0 Å². The Morgan fingerprint density at radius 2 is 2.06 bits per heavy atom. The SMILES string of the molecule is Cc1occc1C(=O)NC(C)c1ccncc1. The molecule has 0 aliphatic carbocycles. The Labute approximate surface area is 99.7 Å². The molecule has 17 heavy (non-hydrogen) atoms.